The minimum Gasteiger partial charge on any atom is -0.354 e. The van der Waals surface area contributed by atoms with Crippen LogP contribution < -0.4 is 21.3 Å². The molecule has 154 valence electrons. The minimum atomic E-state index is -0.789. The molecule has 1 aliphatic heterocycles. The Kier molecular flexibility index (Phi) is 5.47. The van der Waals surface area contributed by atoms with E-state index < -0.39 is 11.1 Å². The monoisotopic (exact) mass is 405 g/mol. The highest BCUT2D eigenvalue weighted by Crippen LogP contribution is 2.26. The predicted molar refractivity (Wildman–Crippen MR) is 114 cm³/mol. The standard InChI is InChI=1S/C22H23N5O3/c1-16-7-9-18(10-8-16)25-13-14-26-20(29)21(30)27(24-22(25)26)15-19(28)23-12-11-17-5-3-2-4-6-17/h2-10H,11-15H2,1H3,(H,23,28). The summed E-state index contributed by atoms with van der Waals surface area (Å²) in [5, 5.41) is 7.11. The van der Waals surface area contributed by atoms with E-state index in [0.717, 1.165) is 21.5 Å². The molecule has 0 saturated heterocycles. The highest BCUT2D eigenvalue weighted by molar-refractivity contribution is 5.75. The molecule has 0 bridgehead atoms. The zero-order valence-electron chi connectivity index (χ0n) is 16.7. The first-order valence-corrected chi connectivity index (χ1v) is 9.90. The van der Waals surface area contributed by atoms with Crippen LogP contribution in [0.1, 0.15) is 11.1 Å². The number of carbonyl (C=O) groups excluding carboxylic acids is 1. The van der Waals surface area contributed by atoms with Gasteiger partial charge in [-0.15, -0.1) is 5.10 Å². The van der Waals surface area contributed by atoms with E-state index >= 15 is 0 Å². The number of aromatic nitrogens is 3. The lowest BCUT2D eigenvalue weighted by molar-refractivity contribution is -0.121. The van der Waals surface area contributed by atoms with Crippen molar-refractivity contribution in [1.29, 1.82) is 0 Å². The van der Waals surface area contributed by atoms with Crippen molar-refractivity contribution in [3.05, 3.63) is 86.4 Å². The number of amides is 1. The summed E-state index contributed by atoms with van der Waals surface area (Å²) in [6, 6.07) is 17.6. The SMILES string of the molecule is Cc1ccc(N2CCn3c2nn(CC(=O)NCCc2ccccc2)c(=O)c3=O)cc1. The molecule has 30 heavy (non-hydrogen) atoms. The summed E-state index contributed by atoms with van der Waals surface area (Å²) in [7, 11) is 0. The van der Waals surface area contributed by atoms with E-state index in [1.807, 2.05) is 66.4 Å². The van der Waals surface area contributed by atoms with E-state index in [-0.39, 0.29) is 12.5 Å². The molecular weight excluding hydrogens is 382 g/mol. The molecular formula is C22H23N5O3. The summed E-state index contributed by atoms with van der Waals surface area (Å²) < 4.78 is 2.32. The average molecular weight is 405 g/mol. The molecule has 0 radical (unpaired) electrons. The molecule has 2 heterocycles. The molecule has 1 aliphatic rings. The van der Waals surface area contributed by atoms with Gasteiger partial charge in [0, 0.05) is 25.3 Å². The van der Waals surface area contributed by atoms with Crippen LogP contribution >= 0.6 is 0 Å². The summed E-state index contributed by atoms with van der Waals surface area (Å²) in [6.45, 7) is 3.07. The third-order valence-corrected chi connectivity index (χ3v) is 5.12. The number of nitrogens with zero attached hydrogens (tertiary/aromatic N) is 4. The van der Waals surface area contributed by atoms with Crippen LogP contribution in [0, 0.1) is 6.92 Å². The number of hydrogen-bond donors (Lipinski definition) is 1. The van der Waals surface area contributed by atoms with Gasteiger partial charge >= 0.3 is 11.1 Å². The zero-order chi connectivity index (χ0) is 21.1. The molecule has 8 nitrogen and oxygen atoms in total. The third-order valence-electron chi connectivity index (χ3n) is 5.12. The van der Waals surface area contributed by atoms with E-state index in [1.54, 1.807) is 0 Å². The summed E-state index contributed by atoms with van der Waals surface area (Å²) in [4.78, 5) is 39.1. The van der Waals surface area contributed by atoms with Gasteiger partial charge in [-0.1, -0.05) is 48.0 Å². The molecule has 2 aromatic carbocycles. The predicted octanol–water partition coefficient (Wildman–Crippen LogP) is 1.22. The van der Waals surface area contributed by atoms with Crippen molar-refractivity contribution in [1.82, 2.24) is 19.7 Å². The Morgan fingerprint density at radius 1 is 1.00 bits per heavy atom. The molecule has 0 atom stereocenters. The topological polar surface area (TPSA) is 89.2 Å². The van der Waals surface area contributed by atoms with Gasteiger partial charge in [0.15, 0.2) is 0 Å². The molecule has 0 spiro atoms. The summed E-state index contributed by atoms with van der Waals surface area (Å²) >= 11 is 0. The minimum absolute atomic E-state index is 0.293. The van der Waals surface area contributed by atoms with Crippen molar-refractivity contribution in [3.8, 4) is 0 Å². The van der Waals surface area contributed by atoms with Crippen molar-refractivity contribution in [2.24, 2.45) is 0 Å². The second-order valence-corrected chi connectivity index (χ2v) is 7.29. The molecule has 8 heteroatoms. The highest BCUT2D eigenvalue weighted by atomic mass is 16.2. The van der Waals surface area contributed by atoms with E-state index in [0.29, 0.717) is 32.0 Å². The lowest BCUT2D eigenvalue weighted by atomic mass is 10.1. The quantitative estimate of drug-likeness (QED) is 0.623. The summed E-state index contributed by atoms with van der Waals surface area (Å²) in [5.74, 6) is 0.0188. The number of benzene rings is 2. The first kappa shape index (κ1) is 19.6. The van der Waals surface area contributed by atoms with Crippen LogP contribution in [0.3, 0.4) is 0 Å². The Labute approximate surface area is 173 Å². The van der Waals surface area contributed by atoms with Gasteiger partial charge in [0.05, 0.1) is 0 Å². The molecule has 0 fully saturated rings. The Hall–Kier alpha value is -3.68. The maximum atomic E-state index is 12.5. The van der Waals surface area contributed by atoms with Gasteiger partial charge in [0.2, 0.25) is 11.9 Å². The number of anilines is 2. The van der Waals surface area contributed by atoms with Crippen molar-refractivity contribution < 1.29 is 4.79 Å². The van der Waals surface area contributed by atoms with Gasteiger partial charge in [-0.3, -0.25) is 19.0 Å². The number of aryl methyl sites for hydroxylation is 1. The van der Waals surface area contributed by atoms with Gasteiger partial charge < -0.3 is 10.2 Å². The third kappa shape index (κ3) is 4.03. The van der Waals surface area contributed by atoms with Crippen molar-refractivity contribution in [2.45, 2.75) is 26.4 Å². The van der Waals surface area contributed by atoms with Crippen molar-refractivity contribution >= 4 is 17.5 Å². The van der Waals surface area contributed by atoms with Gasteiger partial charge in [-0.25, -0.2) is 4.68 Å². The average Bonchev–Trinajstić information content (AvgIpc) is 3.17. The number of nitrogens with one attached hydrogen (secondary N) is 1. The molecule has 1 amide bonds. The van der Waals surface area contributed by atoms with Crippen LogP contribution in [0.15, 0.2) is 64.2 Å². The fourth-order valence-electron chi connectivity index (χ4n) is 3.48. The Balaban J connectivity index is 1.50. The molecule has 0 saturated carbocycles. The molecule has 1 aromatic heterocycles. The van der Waals surface area contributed by atoms with Gasteiger partial charge in [-0.05, 0) is 31.0 Å². The lowest BCUT2D eigenvalue weighted by Gasteiger charge is -2.18. The molecule has 1 N–H and O–H groups in total. The number of hydrogen-bond acceptors (Lipinski definition) is 5. The number of fused-ring (bicyclic) bond motifs is 1. The van der Waals surface area contributed by atoms with Crippen LogP contribution in [0.25, 0.3) is 0 Å². The maximum Gasteiger partial charge on any atom is 0.333 e. The first-order chi connectivity index (χ1) is 14.5. The summed E-state index contributed by atoms with van der Waals surface area (Å²) in [5.41, 5.74) is 1.67. The largest absolute Gasteiger partial charge is 0.354 e. The number of carbonyl (C=O) groups is 1. The van der Waals surface area contributed by atoms with E-state index in [9.17, 15) is 14.4 Å². The fourth-order valence-corrected chi connectivity index (χ4v) is 3.48. The zero-order valence-corrected chi connectivity index (χ0v) is 16.7. The normalized spacial score (nSPS) is 12.6. The Morgan fingerprint density at radius 2 is 1.73 bits per heavy atom. The van der Waals surface area contributed by atoms with E-state index in [4.69, 9.17) is 0 Å². The first-order valence-electron chi connectivity index (χ1n) is 9.90. The van der Waals surface area contributed by atoms with Crippen LogP contribution in [0.4, 0.5) is 11.6 Å². The van der Waals surface area contributed by atoms with E-state index in [1.165, 1.54) is 4.57 Å². The van der Waals surface area contributed by atoms with Crippen LogP contribution in [0.5, 0.6) is 0 Å². The Bertz CT molecular complexity index is 1170. The molecule has 0 unspecified atom stereocenters. The molecule has 3 aromatic rings. The molecule has 4 rings (SSSR count). The van der Waals surface area contributed by atoms with Crippen molar-refractivity contribution in [3.63, 3.8) is 0 Å². The summed E-state index contributed by atoms with van der Waals surface area (Å²) in [6.07, 6.45) is 0.683. The smallest absolute Gasteiger partial charge is 0.333 e. The van der Waals surface area contributed by atoms with Crippen LogP contribution in [-0.2, 0) is 24.3 Å². The van der Waals surface area contributed by atoms with Crippen LogP contribution in [-0.4, -0.2) is 33.3 Å². The van der Waals surface area contributed by atoms with Gasteiger partial charge in [0.25, 0.3) is 0 Å². The second kappa shape index (κ2) is 8.36. The maximum absolute atomic E-state index is 12.5. The Morgan fingerprint density at radius 3 is 2.47 bits per heavy atom. The highest BCUT2D eigenvalue weighted by Gasteiger charge is 2.26. The second-order valence-electron chi connectivity index (χ2n) is 7.29. The van der Waals surface area contributed by atoms with Crippen molar-refractivity contribution in [2.75, 3.05) is 18.0 Å². The van der Waals surface area contributed by atoms with Gasteiger partial charge in [-0.2, -0.15) is 0 Å². The van der Waals surface area contributed by atoms with Gasteiger partial charge in [0.1, 0.15) is 6.54 Å². The number of rotatable bonds is 6. The van der Waals surface area contributed by atoms with E-state index in [2.05, 4.69) is 10.4 Å². The fraction of sp³-hybridized carbons (Fsp3) is 0.273. The molecule has 0 aliphatic carbocycles. The van der Waals surface area contributed by atoms with Crippen LogP contribution in [0.2, 0.25) is 0 Å². The lowest BCUT2D eigenvalue weighted by Crippen LogP contribution is -2.45.